The SMILES string of the molecule is CCN1CCC[C@H]1CNC(=O)c1sccc1-n1cccc1. The first-order valence-corrected chi connectivity index (χ1v) is 8.40. The van der Waals surface area contributed by atoms with E-state index < -0.39 is 0 Å². The molecule has 112 valence electrons. The van der Waals surface area contributed by atoms with Gasteiger partial charge in [-0.3, -0.25) is 9.69 Å². The van der Waals surface area contributed by atoms with Crippen molar-refractivity contribution in [3.63, 3.8) is 0 Å². The second kappa shape index (κ2) is 6.45. The lowest BCUT2D eigenvalue weighted by atomic mass is 10.2. The Bertz CT molecular complexity index is 590. The Morgan fingerprint density at radius 3 is 3.00 bits per heavy atom. The molecule has 1 fully saturated rings. The molecule has 5 heteroatoms. The molecule has 0 radical (unpaired) electrons. The molecule has 1 N–H and O–H groups in total. The van der Waals surface area contributed by atoms with Crippen molar-refractivity contribution in [3.8, 4) is 5.69 Å². The van der Waals surface area contributed by atoms with Crippen LogP contribution in [0.1, 0.15) is 29.4 Å². The zero-order valence-electron chi connectivity index (χ0n) is 12.3. The van der Waals surface area contributed by atoms with Crippen molar-refractivity contribution in [2.75, 3.05) is 19.6 Å². The van der Waals surface area contributed by atoms with Crippen LogP contribution in [0.4, 0.5) is 0 Å². The summed E-state index contributed by atoms with van der Waals surface area (Å²) in [4.78, 5) is 15.7. The van der Waals surface area contributed by atoms with E-state index in [0.29, 0.717) is 6.04 Å². The van der Waals surface area contributed by atoms with Gasteiger partial charge in [0.05, 0.1) is 5.69 Å². The lowest BCUT2D eigenvalue weighted by Crippen LogP contribution is -2.40. The molecule has 21 heavy (non-hydrogen) atoms. The molecule has 4 nitrogen and oxygen atoms in total. The summed E-state index contributed by atoms with van der Waals surface area (Å²) in [6, 6.07) is 6.43. The van der Waals surface area contributed by atoms with Crippen molar-refractivity contribution >= 4 is 17.2 Å². The first-order chi connectivity index (χ1) is 10.3. The molecule has 0 aliphatic carbocycles. The standard InChI is InChI=1S/C16H21N3OS/c1-2-18-10-5-6-13(18)12-17-16(20)15-14(7-11-21-15)19-8-3-4-9-19/h3-4,7-9,11,13H,2,5-6,10,12H2,1H3,(H,17,20)/t13-/m0/s1. The Morgan fingerprint density at radius 1 is 1.43 bits per heavy atom. The van der Waals surface area contributed by atoms with Gasteiger partial charge < -0.3 is 9.88 Å². The van der Waals surface area contributed by atoms with Crippen LogP contribution < -0.4 is 5.32 Å². The summed E-state index contributed by atoms with van der Waals surface area (Å²) >= 11 is 1.50. The van der Waals surface area contributed by atoms with Crippen molar-refractivity contribution in [2.24, 2.45) is 0 Å². The van der Waals surface area contributed by atoms with Crippen LogP contribution in [-0.4, -0.2) is 41.1 Å². The number of likely N-dealkylation sites (N-methyl/N-ethyl adjacent to an activating group) is 1. The van der Waals surface area contributed by atoms with Gasteiger partial charge in [0.25, 0.3) is 5.91 Å². The smallest absolute Gasteiger partial charge is 0.263 e. The van der Waals surface area contributed by atoms with E-state index in [0.717, 1.165) is 30.2 Å². The zero-order chi connectivity index (χ0) is 14.7. The van der Waals surface area contributed by atoms with Gasteiger partial charge in [0.2, 0.25) is 0 Å². The maximum absolute atomic E-state index is 12.4. The molecule has 1 aliphatic rings. The lowest BCUT2D eigenvalue weighted by Gasteiger charge is -2.22. The monoisotopic (exact) mass is 303 g/mol. The Morgan fingerprint density at radius 2 is 2.24 bits per heavy atom. The predicted molar refractivity (Wildman–Crippen MR) is 86.2 cm³/mol. The van der Waals surface area contributed by atoms with Crippen molar-refractivity contribution < 1.29 is 4.79 Å². The van der Waals surface area contributed by atoms with Crippen molar-refractivity contribution in [1.29, 1.82) is 0 Å². The van der Waals surface area contributed by atoms with E-state index in [1.807, 2.05) is 40.5 Å². The van der Waals surface area contributed by atoms with Gasteiger partial charge in [-0.05, 0) is 49.5 Å². The van der Waals surface area contributed by atoms with Crippen molar-refractivity contribution in [3.05, 3.63) is 40.8 Å². The molecule has 0 saturated carbocycles. The highest BCUT2D eigenvalue weighted by atomic mass is 32.1. The van der Waals surface area contributed by atoms with Crippen LogP contribution in [0.15, 0.2) is 36.0 Å². The highest BCUT2D eigenvalue weighted by Crippen LogP contribution is 2.21. The van der Waals surface area contributed by atoms with E-state index >= 15 is 0 Å². The van der Waals surface area contributed by atoms with Gasteiger partial charge in [0, 0.05) is 25.0 Å². The number of nitrogens with zero attached hydrogens (tertiary/aromatic N) is 2. The molecule has 1 saturated heterocycles. The molecule has 1 amide bonds. The Hall–Kier alpha value is -1.59. The molecule has 1 aliphatic heterocycles. The summed E-state index contributed by atoms with van der Waals surface area (Å²) in [7, 11) is 0. The van der Waals surface area contributed by atoms with Gasteiger partial charge in [0.1, 0.15) is 4.88 Å². The number of carbonyl (C=O) groups is 1. The van der Waals surface area contributed by atoms with Gasteiger partial charge in [-0.15, -0.1) is 11.3 Å². The van der Waals surface area contributed by atoms with Crippen LogP contribution in [0.3, 0.4) is 0 Å². The van der Waals surface area contributed by atoms with Crippen LogP contribution in [0.2, 0.25) is 0 Å². The molecule has 0 unspecified atom stereocenters. The van der Waals surface area contributed by atoms with E-state index in [2.05, 4.69) is 17.1 Å². The molecule has 0 aromatic carbocycles. The van der Waals surface area contributed by atoms with Crippen LogP contribution in [0, 0.1) is 0 Å². The topological polar surface area (TPSA) is 37.3 Å². The minimum atomic E-state index is 0.0386. The third kappa shape index (κ3) is 3.04. The van der Waals surface area contributed by atoms with Gasteiger partial charge in [-0.25, -0.2) is 0 Å². The fourth-order valence-electron chi connectivity index (χ4n) is 3.00. The number of hydrogen-bond acceptors (Lipinski definition) is 3. The Balaban J connectivity index is 1.65. The second-order valence-electron chi connectivity index (χ2n) is 5.36. The first kappa shape index (κ1) is 14.4. The molecule has 0 spiro atoms. The minimum Gasteiger partial charge on any atom is -0.350 e. The first-order valence-electron chi connectivity index (χ1n) is 7.52. The summed E-state index contributed by atoms with van der Waals surface area (Å²) < 4.78 is 1.99. The maximum atomic E-state index is 12.4. The quantitative estimate of drug-likeness (QED) is 0.922. The fraction of sp³-hybridized carbons (Fsp3) is 0.438. The predicted octanol–water partition coefficient (Wildman–Crippen LogP) is 2.75. The molecular formula is C16H21N3OS. The van der Waals surface area contributed by atoms with E-state index in [1.54, 1.807) is 0 Å². The van der Waals surface area contributed by atoms with Crippen LogP contribution in [0.25, 0.3) is 5.69 Å². The normalized spacial score (nSPS) is 19.0. The molecule has 2 aromatic heterocycles. The number of rotatable bonds is 5. The minimum absolute atomic E-state index is 0.0386. The van der Waals surface area contributed by atoms with Crippen molar-refractivity contribution in [1.82, 2.24) is 14.8 Å². The number of aromatic nitrogens is 1. The van der Waals surface area contributed by atoms with Crippen molar-refractivity contribution in [2.45, 2.75) is 25.8 Å². The average molecular weight is 303 g/mol. The van der Waals surface area contributed by atoms with E-state index in [9.17, 15) is 4.79 Å². The Kier molecular flexibility index (Phi) is 4.41. The number of thiophene rings is 1. The van der Waals surface area contributed by atoms with Gasteiger partial charge >= 0.3 is 0 Å². The molecular weight excluding hydrogens is 282 g/mol. The number of amides is 1. The van der Waals surface area contributed by atoms with Gasteiger partial charge in [-0.2, -0.15) is 0 Å². The largest absolute Gasteiger partial charge is 0.350 e. The van der Waals surface area contributed by atoms with Crippen LogP contribution in [0.5, 0.6) is 0 Å². The number of carbonyl (C=O) groups excluding carboxylic acids is 1. The molecule has 0 bridgehead atoms. The number of likely N-dealkylation sites (tertiary alicyclic amines) is 1. The highest BCUT2D eigenvalue weighted by molar-refractivity contribution is 7.12. The average Bonchev–Trinajstić information content (AvgIpc) is 3.23. The lowest BCUT2D eigenvalue weighted by molar-refractivity contribution is 0.0945. The van der Waals surface area contributed by atoms with Crippen LogP contribution in [-0.2, 0) is 0 Å². The Labute approximate surface area is 129 Å². The molecule has 3 rings (SSSR count). The molecule has 2 aromatic rings. The van der Waals surface area contributed by atoms with E-state index in [4.69, 9.17) is 0 Å². The van der Waals surface area contributed by atoms with Crippen LogP contribution >= 0.6 is 11.3 Å². The summed E-state index contributed by atoms with van der Waals surface area (Å²) in [5.74, 6) is 0.0386. The highest BCUT2D eigenvalue weighted by Gasteiger charge is 2.24. The third-order valence-electron chi connectivity index (χ3n) is 4.14. The number of hydrogen-bond donors (Lipinski definition) is 1. The van der Waals surface area contributed by atoms with E-state index in [-0.39, 0.29) is 5.91 Å². The summed E-state index contributed by atoms with van der Waals surface area (Å²) in [6.07, 6.45) is 6.36. The summed E-state index contributed by atoms with van der Waals surface area (Å²) in [6.45, 7) is 5.15. The van der Waals surface area contributed by atoms with E-state index in [1.165, 1.54) is 24.2 Å². The zero-order valence-corrected chi connectivity index (χ0v) is 13.1. The summed E-state index contributed by atoms with van der Waals surface area (Å²) in [5.41, 5.74) is 0.960. The molecule has 1 atom stereocenters. The summed E-state index contributed by atoms with van der Waals surface area (Å²) in [5, 5.41) is 5.08. The number of nitrogens with one attached hydrogen (secondary N) is 1. The fourth-order valence-corrected chi connectivity index (χ4v) is 3.81. The molecule has 3 heterocycles. The second-order valence-corrected chi connectivity index (χ2v) is 6.28. The maximum Gasteiger partial charge on any atom is 0.263 e. The van der Waals surface area contributed by atoms with Gasteiger partial charge in [-0.1, -0.05) is 6.92 Å². The third-order valence-corrected chi connectivity index (χ3v) is 5.04. The van der Waals surface area contributed by atoms with Gasteiger partial charge in [0.15, 0.2) is 0 Å².